The van der Waals surface area contributed by atoms with Crippen LogP contribution < -0.4 is 5.32 Å². The first-order valence-corrected chi connectivity index (χ1v) is 7.51. The Labute approximate surface area is 110 Å². The SMILES string of the molecule is CC(C)NC1(C#N)CCC(Sc2nncs2)C1. The normalized spacial score (nSPS) is 28.5. The molecule has 92 valence electrons. The topological polar surface area (TPSA) is 61.6 Å². The van der Waals surface area contributed by atoms with E-state index in [1.54, 1.807) is 28.6 Å². The van der Waals surface area contributed by atoms with Gasteiger partial charge in [-0.15, -0.1) is 10.2 Å². The molecule has 4 nitrogen and oxygen atoms in total. The van der Waals surface area contributed by atoms with Crippen molar-refractivity contribution < 1.29 is 0 Å². The molecule has 0 amide bonds. The van der Waals surface area contributed by atoms with Crippen LogP contribution in [-0.4, -0.2) is 27.0 Å². The van der Waals surface area contributed by atoms with Crippen molar-refractivity contribution in [3.8, 4) is 6.07 Å². The van der Waals surface area contributed by atoms with Crippen molar-refractivity contribution in [3.63, 3.8) is 0 Å². The second-order valence-corrected chi connectivity index (χ2v) is 7.06. The van der Waals surface area contributed by atoms with Gasteiger partial charge < -0.3 is 0 Å². The van der Waals surface area contributed by atoms with Crippen LogP contribution in [0.15, 0.2) is 9.85 Å². The van der Waals surface area contributed by atoms with Crippen molar-refractivity contribution in [3.05, 3.63) is 5.51 Å². The summed E-state index contributed by atoms with van der Waals surface area (Å²) in [4.78, 5) is 0. The van der Waals surface area contributed by atoms with Gasteiger partial charge in [0.15, 0.2) is 4.34 Å². The Hall–Kier alpha value is -0.640. The van der Waals surface area contributed by atoms with Gasteiger partial charge in [-0.25, -0.2) is 0 Å². The summed E-state index contributed by atoms with van der Waals surface area (Å²) >= 11 is 3.33. The molecular weight excluding hydrogens is 252 g/mol. The highest BCUT2D eigenvalue weighted by molar-refractivity contribution is 8.01. The Bertz CT molecular complexity index is 398. The first kappa shape index (κ1) is 12.8. The van der Waals surface area contributed by atoms with Gasteiger partial charge in [-0.1, -0.05) is 23.1 Å². The zero-order valence-corrected chi connectivity index (χ0v) is 11.6. The minimum absolute atomic E-state index is 0.337. The van der Waals surface area contributed by atoms with Crippen LogP contribution in [0, 0.1) is 11.3 Å². The first-order chi connectivity index (χ1) is 8.13. The highest BCUT2D eigenvalue weighted by Gasteiger charge is 2.40. The molecule has 1 aliphatic rings. The van der Waals surface area contributed by atoms with Crippen LogP contribution in [-0.2, 0) is 0 Å². The Morgan fingerprint density at radius 1 is 1.71 bits per heavy atom. The maximum absolute atomic E-state index is 9.36. The smallest absolute Gasteiger partial charge is 0.174 e. The van der Waals surface area contributed by atoms with Crippen LogP contribution in [0.1, 0.15) is 33.1 Å². The Morgan fingerprint density at radius 2 is 2.53 bits per heavy atom. The maximum Gasteiger partial charge on any atom is 0.174 e. The number of rotatable bonds is 4. The van der Waals surface area contributed by atoms with Gasteiger partial charge in [-0.05, 0) is 33.1 Å². The van der Waals surface area contributed by atoms with Crippen molar-refractivity contribution in [2.45, 2.75) is 54.3 Å². The summed E-state index contributed by atoms with van der Waals surface area (Å²) in [6.07, 6.45) is 2.89. The van der Waals surface area contributed by atoms with Gasteiger partial charge in [-0.3, -0.25) is 5.32 Å². The van der Waals surface area contributed by atoms with E-state index >= 15 is 0 Å². The number of hydrogen-bond donors (Lipinski definition) is 1. The molecule has 0 radical (unpaired) electrons. The number of nitrogens with zero attached hydrogens (tertiary/aromatic N) is 3. The van der Waals surface area contributed by atoms with Gasteiger partial charge in [0.25, 0.3) is 0 Å². The predicted molar refractivity (Wildman–Crippen MR) is 70.0 cm³/mol. The molecular formula is C11H16N4S2. The van der Waals surface area contributed by atoms with Crippen LogP contribution in [0.4, 0.5) is 0 Å². The third-order valence-electron chi connectivity index (χ3n) is 2.86. The standard InChI is InChI=1S/C11H16N4S2/c1-8(2)14-11(6-12)4-3-9(5-11)17-10-15-13-7-16-10/h7-9,14H,3-5H2,1-2H3. The summed E-state index contributed by atoms with van der Waals surface area (Å²) in [5, 5.41) is 21.1. The van der Waals surface area contributed by atoms with Gasteiger partial charge in [0.1, 0.15) is 11.0 Å². The molecule has 0 saturated heterocycles. The molecule has 0 aliphatic heterocycles. The van der Waals surface area contributed by atoms with E-state index in [2.05, 4.69) is 35.4 Å². The molecule has 2 rings (SSSR count). The van der Waals surface area contributed by atoms with Crippen molar-refractivity contribution in [1.82, 2.24) is 15.5 Å². The molecule has 17 heavy (non-hydrogen) atoms. The Balaban J connectivity index is 1.96. The van der Waals surface area contributed by atoms with E-state index in [0.717, 1.165) is 23.6 Å². The summed E-state index contributed by atoms with van der Waals surface area (Å²) in [7, 11) is 0. The van der Waals surface area contributed by atoms with Crippen molar-refractivity contribution in [2.75, 3.05) is 0 Å². The summed E-state index contributed by atoms with van der Waals surface area (Å²) in [5.41, 5.74) is 1.41. The molecule has 1 aromatic rings. The predicted octanol–water partition coefficient (Wildman–Crippen LogP) is 2.44. The van der Waals surface area contributed by atoms with Crippen LogP contribution in [0.2, 0.25) is 0 Å². The minimum atomic E-state index is -0.337. The minimum Gasteiger partial charge on any atom is -0.297 e. The zero-order chi connectivity index (χ0) is 12.3. The molecule has 1 saturated carbocycles. The van der Waals surface area contributed by atoms with Crippen molar-refractivity contribution in [2.24, 2.45) is 0 Å². The van der Waals surface area contributed by atoms with Gasteiger partial charge in [0, 0.05) is 11.3 Å². The lowest BCUT2D eigenvalue weighted by Gasteiger charge is -2.25. The van der Waals surface area contributed by atoms with Crippen LogP contribution >= 0.6 is 23.1 Å². The lowest BCUT2D eigenvalue weighted by molar-refractivity contribution is 0.386. The molecule has 0 spiro atoms. The molecule has 0 aromatic carbocycles. The van der Waals surface area contributed by atoms with E-state index in [9.17, 15) is 5.26 Å². The first-order valence-electron chi connectivity index (χ1n) is 5.75. The number of nitrogens with one attached hydrogen (secondary N) is 1. The average Bonchev–Trinajstić information content (AvgIpc) is 2.89. The van der Waals surface area contributed by atoms with Gasteiger partial charge in [0.05, 0.1) is 6.07 Å². The molecule has 1 fully saturated rings. The van der Waals surface area contributed by atoms with E-state index in [4.69, 9.17) is 0 Å². The molecule has 1 N–H and O–H groups in total. The monoisotopic (exact) mass is 268 g/mol. The van der Waals surface area contributed by atoms with Crippen molar-refractivity contribution in [1.29, 1.82) is 5.26 Å². The third kappa shape index (κ3) is 3.18. The Kier molecular flexibility index (Phi) is 4.02. The molecule has 0 bridgehead atoms. The molecule has 6 heteroatoms. The van der Waals surface area contributed by atoms with E-state index < -0.39 is 0 Å². The van der Waals surface area contributed by atoms with E-state index in [1.807, 2.05) is 0 Å². The molecule has 2 unspecified atom stereocenters. The number of aromatic nitrogens is 2. The highest BCUT2D eigenvalue weighted by atomic mass is 32.2. The lowest BCUT2D eigenvalue weighted by atomic mass is 9.99. The second kappa shape index (κ2) is 5.34. The summed E-state index contributed by atoms with van der Waals surface area (Å²) in [6, 6.07) is 2.81. The molecule has 2 atom stereocenters. The van der Waals surface area contributed by atoms with Gasteiger partial charge in [0.2, 0.25) is 0 Å². The Morgan fingerprint density at radius 3 is 3.12 bits per heavy atom. The zero-order valence-electron chi connectivity index (χ0n) is 10.0. The number of hydrogen-bond acceptors (Lipinski definition) is 6. The van der Waals surface area contributed by atoms with Crippen LogP contribution in [0.25, 0.3) is 0 Å². The second-order valence-electron chi connectivity index (χ2n) is 4.68. The summed E-state index contributed by atoms with van der Waals surface area (Å²) in [5.74, 6) is 0. The van der Waals surface area contributed by atoms with Crippen molar-refractivity contribution >= 4 is 23.1 Å². The van der Waals surface area contributed by atoms with Crippen LogP contribution in [0.5, 0.6) is 0 Å². The lowest BCUT2D eigenvalue weighted by Crippen LogP contribution is -2.45. The van der Waals surface area contributed by atoms with E-state index in [0.29, 0.717) is 11.3 Å². The fraction of sp³-hybridized carbons (Fsp3) is 0.727. The third-order valence-corrected chi connectivity index (χ3v) is 4.94. The summed E-state index contributed by atoms with van der Waals surface area (Å²) in [6.45, 7) is 4.18. The van der Waals surface area contributed by atoms with E-state index in [1.165, 1.54) is 0 Å². The largest absolute Gasteiger partial charge is 0.297 e. The highest BCUT2D eigenvalue weighted by Crippen LogP contribution is 2.40. The van der Waals surface area contributed by atoms with Crippen LogP contribution in [0.3, 0.4) is 0 Å². The van der Waals surface area contributed by atoms with E-state index in [-0.39, 0.29) is 5.54 Å². The fourth-order valence-electron chi connectivity index (χ4n) is 2.28. The molecule has 1 heterocycles. The number of thioether (sulfide) groups is 1. The molecule has 1 aromatic heterocycles. The fourth-order valence-corrected chi connectivity index (χ4v) is 4.30. The molecule has 1 aliphatic carbocycles. The van der Waals surface area contributed by atoms with Gasteiger partial charge >= 0.3 is 0 Å². The summed E-state index contributed by atoms with van der Waals surface area (Å²) < 4.78 is 1.01. The number of nitriles is 1. The quantitative estimate of drug-likeness (QED) is 0.908. The maximum atomic E-state index is 9.36. The van der Waals surface area contributed by atoms with Gasteiger partial charge in [-0.2, -0.15) is 5.26 Å². The average molecular weight is 268 g/mol.